The zero-order chi connectivity index (χ0) is 12.4. The summed E-state index contributed by atoms with van der Waals surface area (Å²) in [6, 6.07) is 0.0661. The number of anilines is 1. The Hall–Kier alpha value is -0.560. The predicted molar refractivity (Wildman–Crippen MR) is 86.4 cm³/mol. The van der Waals surface area contributed by atoms with Crippen molar-refractivity contribution in [2.45, 2.75) is 18.9 Å². The summed E-state index contributed by atoms with van der Waals surface area (Å²) in [6.45, 7) is 4.40. The van der Waals surface area contributed by atoms with Gasteiger partial charge in [0.25, 0.3) is 0 Å². The molecule has 114 valence electrons. The van der Waals surface area contributed by atoms with Crippen molar-refractivity contribution in [1.82, 2.24) is 15.2 Å². The highest BCUT2D eigenvalue weighted by Gasteiger charge is 2.29. The number of carbonyl (C=O) groups is 1. The third kappa shape index (κ3) is 3.75. The molecule has 1 unspecified atom stereocenters. The van der Waals surface area contributed by atoms with Crippen LogP contribution in [-0.4, -0.2) is 54.6 Å². The first-order chi connectivity index (χ1) is 8.84. The second-order valence-electron chi connectivity index (χ2n) is 4.78. The van der Waals surface area contributed by atoms with Gasteiger partial charge in [-0.25, -0.2) is 4.98 Å². The Morgan fingerprint density at radius 3 is 2.60 bits per heavy atom. The molecule has 0 aromatic carbocycles. The molecule has 2 aliphatic rings. The van der Waals surface area contributed by atoms with E-state index in [-0.39, 0.29) is 36.8 Å². The number of halogens is 2. The van der Waals surface area contributed by atoms with E-state index in [0.717, 1.165) is 50.7 Å². The summed E-state index contributed by atoms with van der Waals surface area (Å²) < 4.78 is 0. The molecular weight excluding hydrogens is 319 g/mol. The Morgan fingerprint density at radius 1 is 1.30 bits per heavy atom. The Morgan fingerprint density at radius 2 is 2.05 bits per heavy atom. The second-order valence-corrected chi connectivity index (χ2v) is 5.65. The van der Waals surface area contributed by atoms with Gasteiger partial charge in [0.1, 0.15) is 0 Å². The number of hydrogen-bond acceptors (Lipinski definition) is 5. The van der Waals surface area contributed by atoms with E-state index in [1.165, 1.54) is 0 Å². The van der Waals surface area contributed by atoms with E-state index < -0.39 is 0 Å². The zero-order valence-electron chi connectivity index (χ0n) is 11.2. The van der Waals surface area contributed by atoms with Crippen LogP contribution in [0.2, 0.25) is 0 Å². The molecule has 2 saturated heterocycles. The number of nitrogens with zero attached hydrogens (tertiary/aromatic N) is 3. The van der Waals surface area contributed by atoms with E-state index in [2.05, 4.69) is 15.2 Å². The molecule has 0 bridgehead atoms. The molecule has 2 aliphatic heterocycles. The lowest BCUT2D eigenvalue weighted by Crippen LogP contribution is -2.53. The minimum absolute atomic E-state index is 0. The zero-order valence-corrected chi connectivity index (χ0v) is 13.6. The topological polar surface area (TPSA) is 48.5 Å². The van der Waals surface area contributed by atoms with Gasteiger partial charge in [-0.2, -0.15) is 0 Å². The predicted octanol–water partition coefficient (Wildman–Crippen LogP) is 1.39. The normalized spacial score (nSPS) is 22.1. The van der Waals surface area contributed by atoms with Gasteiger partial charge in [-0.1, -0.05) is 0 Å². The Labute approximate surface area is 135 Å². The van der Waals surface area contributed by atoms with E-state index in [1.54, 1.807) is 11.3 Å². The number of thiazole rings is 1. The third-order valence-corrected chi connectivity index (χ3v) is 4.47. The van der Waals surface area contributed by atoms with Crippen molar-refractivity contribution in [3.63, 3.8) is 0 Å². The summed E-state index contributed by atoms with van der Waals surface area (Å²) in [5.74, 6) is 0.284. The number of rotatable bonds is 2. The number of piperazine rings is 1. The molecule has 0 saturated carbocycles. The highest BCUT2D eigenvalue weighted by atomic mass is 35.5. The first kappa shape index (κ1) is 17.5. The van der Waals surface area contributed by atoms with Crippen molar-refractivity contribution in [3.8, 4) is 0 Å². The second kappa shape index (κ2) is 8.02. The molecular formula is C12H20Cl2N4OS. The fraction of sp³-hybridized carbons (Fsp3) is 0.667. The van der Waals surface area contributed by atoms with Gasteiger partial charge in [0.15, 0.2) is 5.13 Å². The van der Waals surface area contributed by atoms with Crippen LogP contribution in [0.15, 0.2) is 11.6 Å². The van der Waals surface area contributed by atoms with Crippen LogP contribution in [-0.2, 0) is 4.79 Å². The molecule has 3 rings (SSSR count). The fourth-order valence-electron chi connectivity index (χ4n) is 2.61. The van der Waals surface area contributed by atoms with Gasteiger partial charge < -0.3 is 15.1 Å². The molecule has 1 N–H and O–H groups in total. The first-order valence-corrected chi connectivity index (χ1v) is 7.39. The molecule has 3 heterocycles. The van der Waals surface area contributed by atoms with Gasteiger partial charge >= 0.3 is 0 Å². The van der Waals surface area contributed by atoms with Gasteiger partial charge in [0, 0.05) is 37.8 Å². The van der Waals surface area contributed by atoms with Crippen LogP contribution in [0, 0.1) is 0 Å². The molecule has 20 heavy (non-hydrogen) atoms. The van der Waals surface area contributed by atoms with Crippen LogP contribution in [0.3, 0.4) is 0 Å². The molecule has 1 atom stereocenters. The van der Waals surface area contributed by atoms with E-state index in [1.807, 2.05) is 16.5 Å². The highest BCUT2D eigenvalue weighted by molar-refractivity contribution is 7.13. The summed E-state index contributed by atoms with van der Waals surface area (Å²) in [7, 11) is 0. The van der Waals surface area contributed by atoms with E-state index in [0.29, 0.717) is 0 Å². The van der Waals surface area contributed by atoms with Crippen LogP contribution in [0.1, 0.15) is 12.8 Å². The highest BCUT2D eigenvalue weighted by Crippen LogP contribution is 2.19. The molecule has 8 heteroatoms. The van der Waals surface area contributed by atoms with Crippen LogP contribution in [0.5, 0.6) is 0 Å². The Bertz CT molecular complexity index is 404. The van der Waals surface area contributed by atoms with Crippen LogP contribution >= 0.6 is 36.2 Å². The van der Waals surface area contributed by atoms with E-state index in [4.69, 9.17) is 0 Å². The van der Waals surface area contributed by atoms with Crippen molar-refractivity contribution in [2.75, 3.05) is 37.6 Å². The third-order valence-electron chi connectivity index (χ3n) is 3.64. The molecule has 1 aromatic rings. The molecule has 2 fully saturated rings. The lowest BCUT2D eigenvalue weighted by molar-refractivity contribution is -0.133. The van der Waals surface area contributed by atoms with Gasteiger partial charge in [-0.05, 0) is 19.4 Å². The van der Waals surface area contributed by atoms with Crippen molar-refractivity contribution >= 4 is 47.2 Å². The maximum Gasteiger partial charge on any atom is 0.239 e. The average molecular weight is 339 g/mol. The van der Waals surface area contributed by atoms with Crippen molar-refractivity contribution in [1.29, 1.82) is 0 Å². The lowest BCUT2D eigenvalue weighted by Gasteiger charge is -2.35. The molecule has 1 amide bonds. The number of aromatic nitrogens is 1. The van der Waals surface area contributed by atoms with Crippen LogP contribution in [0.25, 0.3) is 0 Å². The van der Waals surface area contributed by atoms with Crippen LogP contribution < -0.4 is 10.2 Å². The molecule has 0 aliphatic carbocycles. The Kier molecular flexibility index (Phi) is 7.02. The summed E-state index contributed by atoms with van der Waals surface area (Å²) in [4.78, 5) is 20.8. The van der Waals surface area contributed by atoms with Gasteiger partial charge in [-0.15, -0.1) is 36.2 Å². The molecule has 1 aromatic heterocycles. The van der Waals surface area contributed by atoms with E-state index in [9.17, 15) is 4.79 Å². The van der Waals surface area contributed by atoms with Gasteiger partial charge in [-0.3, -0.25) is 4.79 Å². The van der Waals surface area contributed by atoms with Gasteiger partial charge in [0.05, 0.1) is 6.04 Å². The summed E-state index contributed by atoms with van der Waals surface area (Å²) in [5, 5.41) is 6.34. The molecule has 5 nitrogen and oxygen atoms in total. The largest absolute Gasteiger partial charge is 0.345 e. The maximum atomic E-state index is 12.2. The van der Waals surface area contributed by atoms with Crippen molar-refractivity contribution in [3.05, 3.63) is 11.6 Å². The van der Waals surface area contributed by atoms with Crippen molar-refractivity contribution in [2.24, 2.45) is 0 Å². The minimum atomic E-state index is 0. The first-order valence-electron chi connectivity index (χ1n) is 6.51. The smallest absolute Gasteiger partial charge is 0.239 e. The summed E-state index contributed by atoms with van der Waals surface area (Å²) in [5.41, 5.74) is 0. The SMILES string of the molecule is Cl.Cl.O=C(C1CCCN1)N1CCN(c2nccs2)CC1. The number of nitrogens with one attached hydrogen (secondary N) is 1. The quantitative estimate of drug-likeness (QED) is 0.885. The fourth-order valence-corrected chi connectivity index (χ4v) is 3.30. The number of carbonyl (C=O) groups excluding carboxylic acids is 1. The number of amides is 1. The summed E-state index contributed by atoms with van der Waals surface area (Å²) >= 11 is 1.66. The lowest BCUT2D eigenvalue weighted by atomic mass is 10.2. The minimum Gasteiger partial charge on any atom is -0.345 e. The summed E-state index contributed by atoms with van der Waals surface area (Å²) in [6.07, 6.45) is 3.95. The number of hydrogen-bond donors (Lipinski definition) is 1. The van der Waals surface area contributed by atoms with Crippen molar-refractivity contribution < 1.29 is 4.79 Å². The average Bonchev–Trinajstić information content (AvgIpc) is 3.11. The monoisotopic (exact) mass is 338 g/mol. The van der Waals surface area contributed by atoms with Gasteiger partial charge in [0.2, 0.25) is 5.91 Å². The van der Waals surface area contributed by atoms with E-state index >= 15 is 0 Å². The van der Waals surface area contributed by atoms with Crippen LogP contribution in [0.4, 0.5) is 5.13 Å². The maximum absolute atomic E-state index is 12.2. The Balaban J connectivity index is 0.000001000. The molecule has 0 spiro atoms. The standard InChI is InChI=1S/C12H18N4OS.2ClH/c17-11(10-2-1-3-13-10)15-5-7-16(8-6-15)12-14-4-9-18-12;;/h4,9-10,13H,1-3,5-8H2;2*1H. The molecule has 0 radical (unpaired) electrons.